The van der Waals surface area contributed by atoms with Crippen LogP contribution in [0.3, 0.4) is 0 Å². The van der Waals surface area contributed by atoms with Gasteiger partial charge in [0.05, 0.1) is 16.5 Å². The number of pyridine rings is 1. The first-order valence-corrected chi connectivity index (χ1v) is 21.7. The average molecular weight is 925 g/mol. The van der Waals surface area contributed by atoms with Gasteiger partial charge >= 0.3 is 235 Å². The van der Waals surface area contributed by atoms with Crippen molar-refractivity contribution >= 4 is 69.9 Å². The number of aromatic nitrogens is 1. The number of hydrogen-bond donors (Lipinski definition) is 7. The predicted octanol–water partition coefficient (Wildman–Crippen LogP) is -1.67. The number of oxime groups is 1. The number of benzene rings is 1. The number of phenols is 2. The topological polar surface area (TPSA) is 271 Å². The number of likely N-dealkylation sites (tertiary alicyclic amines) is 1. The first-order valence-electron chi connectivity index (χ1n) is 17.5. The Bertz CT molecular complexity index is 2250. The van der Waals surface area contributed by atoms with E-state index in [1.165, 1.54) is 23.9 Å². The number of hydrogen-bond acceptors (Lipinski definition) is 13. The van der Waals surface area contributed by atoms with E-state index in [4.69, 9.17) is 15.7 Å². The summed E-state index contributed by atoms with van der Waals surface area (Å²) in [4.78, 5) is 83.1. The molecule has 1 saturated carbocycles. The number of rotatable bonds is 14. The van der Waals surface area contributed by atoms with Crippen LogP contribution in [0.2, 0.25) is 0 Å². The first kappa shape index (κ1) is 39.5. The Morgan fingerprint density at radius 1 is 1.07 bits per heavy atom. The molecule has 298 valence electrons. The molecule has 4 aliphatic heterocycles. The average Bonchev–Trinajstić information content (AvgIpc) is 3.90. The molecule has 18 nitrogen and oxygen atoms in total. The normalized spacial score (nSPS) is 22.6. The van der Waals surface area contributed by atoms with E-state index in [2.05, 4.69) is 10.5 Å². The molecule has 2 aromatic rings. The van der Waals surface area contributed by atoms with Gasteiger partial charge in [0.2, 0.25) is 0 Å². The summed E-state index contributed by atoms with van der Waals surface area (Å²) in [5.41, 5.74) is 6.57. The molecule has 7 rings (SSSR count). The summed E-state index contributed by atoms with van der Waals surface area (Å²) in [5, 5.41) is 57.3. The number of β-lactam (4-membered cyclic amide) rings is 1. The number of carbonyl (C=O) groups excluding carboxylic acids is 2. The fraction of sp³-hybridized carbons (Fsp3) is 0.400. The number of aromatic hydroxyl groups is 2. The van der Waals surface area contributed by atoms with Gasteiger partial charge in [-0.2, -0.15) is 0 Å². The van der Waals surface area contributed by atoms with Crippen molar-refractivity contribution in [1.82, 2.24) is 14.8 Å². The van der Waals surface area contributed by atoms with Crippen molar-refractivity contribution in [2.24, 2.45) is 10.9 Å². The van der Waals surface area contributed by atoms with E-state index in [-0.39, 0.29) is 52.9 Å². The monoisotopic (exact) mass is 924 g/mol. The standard InChI is InChI=1S/C35H37IN6O12S2/c37-25-10-36-20(15-55-25)27(39-54-24(34(50)51)9-26(45)46)31(48)38-28-32(49)41-29(35(52)53)17(14-56-33(28)41)13-42(5-1-2-6-42)12-16-11-40(18-3-4-18)21-8-23(44)22(43)7-19(21)30(16)47/h7-8,10-11,15,18,24,28,33,43-44H,1-6,9,12-14,37H2,(H,38,48)(H,45,46)(H,50,51)(H,52,53)/b39-27-/t24-,28+,33+/m0/s1. The molecule has 0 radical (unpaired) electrons. The van der Waals surface area contributed by atoms with Crippen molar-refractivity contribution < 1.29 is 80.0 Å². The van der Waals surface area contributed by atoms with Gasteiger partial charge < -0.3 is 14.8 Å². The number of thioether (sulfide) groups is 2. The Morgan fingerprint density at radius 2 is 1.79 bits per heavy atom. The zero-order valence-corrected chi connectivity index (χ0v) is 33.2. The molecule has 2 amide bonds. The second-order valence-corrected chi connectivity index (χ2v) is 18.5. The summed E-state index contributed by atoms with van der Waals surface area (Å²) in [5.74, 6) is -6.46. The number of amides is 2. The number of nitrogens with two attached hydrogens (primary N) is 1. The third-order valence-electron chi connectivity index (χ3n) is 10.2. The van der Waals surface area contributed by atoms with Crippen molar-refractivity contribution in [3.8, 4) is 11.5 Å². The maximum absolute atomic E-state index is 13.9. The van der Waals surface area contributed by atoms with Gasteiger partial charge in [0, 0.05) is 31.1 Å². The number of halogens is 1. The quantitative estimate of drug-likeness (QED) is 0.0279. The Balaban J connectivity index is 1.13. The molecule has 5 aliphatic rings. The zero-order chi connectivity index (χ0) is 40.1. The van der Waals surface area contributed by atoms with Crippen molar-refractivity contribution in [3.05, 3.63) is 63.5 Å². The molecule has 5 heterocycles. The van der Waals surface area contributed by atoms with E-state index in [1.807, 2.05) is 10.8 Å². The summed E-state index contributed by atoms with van der Waals surface area (Å²) >= 11 is 1.31. The van der Waals surface area contributed by atoms with Crippen LogP contribution < -0.4 is 37.7 Å². The summed E-state index contributed by atoms with van der Waals surface area (Å²) in [6.45, 7) is 1.87. The van der Waals surface area contributed by atoms with Gasteiger partial charge in [-0.1, -0.05) is 0 Å². The Labute approximate surface area is 336 Å². The van der Waals surface area contributed by atoms with E-state index in [0.717, 1.165) is 42.3 Å². The maximum atomic E-state index is 13.9. The number of carbonyl (C=O) groups is 5. The molecule has 3 fully saturated rings. The van der Waals surface area contributed by atoms with E-state index >= 15 is 0 Å². The van der Waals surface area contributed by atoms with Crippen molar-refractivity contribution in [1.29, 1.82) is 0 Å². The van der Waals surface area contributed by atoms with Gasteiger partial charge in [-0.05, 0) is 18.9 Å². The summed E-state index contributed by atoms with van der Waals surface area (Å²) in [7, 11) is 0. The Kier molecular flexibility index (Phi) is 11.0. The number of phenolic OH excluding ortho intramolecular Hbond substituents is 2. The van der Waals surface area contributed by atoms with Gasteiger partial charge in [-0.15, -0.1) is 0 Å². The Hall–Kier alpha value is -4.74. The third kappa shape index (κ3) is 7.80. The summed E-state index contributed by atoms with van der Waals surface area (Å²) < 4.78 is 4.41. The van der Waals surface area contributed by atoms with Gasteiger partial charge in [0.1, 0.15) is 0 Å². The number of carboxylic acid groups (broad SMARTS) is 3. The fourth-order valence-corrected chi connectivity index (χ4v) is 12.0. The van der Waals surface area contributed by atoms with E-state index in [1.54, 1.807) is 9.49 Å². The van der Waals surface area contributed by atoms with Crippen LogP contribution in [0.25, 0.3) is 10.9 Å². The van der Waals surface area contributed by atoms with Crippen molar-refractivity contribution in [2.75, 3.05) is 25.4 Å². The fourth-order valence-electron chi connectivity index (χ4n) is 7.39. The molecule has 56 heavy (non-hydrogen) atoms. The van der Waals surface area contributed by atoms with Crippen LogP contribution in [0, 0.1) is 0 Å². The number of nitrogens with zero attached hydrogens (tertiary/aromatic N) is 4. The van der Waals surface area contributed by atoms with Gasteiger partial charge in [-0.3, -0.25) is 4.79 Å². The van der Waals surface area contributed by atoms with E-state index in [0.29, 0.717) is 42.8 Å². The molecule has 0 spiro atoms. The third-order valence-corrected chi connectivity index (χ3v) is 15.6. The molecule has 21 heteroatoms. The zero-order valence-electron chi connectivity index (χ0n) is 29.4. The molecular weight excluding hydrogens is 887 g/mol. The van der Waals surface area contributed by atoms with Crippen LogP contribution in [0.1, 0.15) is 43.7 Å². The van der Waals surface area contributed by atoms with Crippen LogP contribution in [0.4, 0.5) is 0 Å². The number of carboxylic acids is 3. The molecule has 3 atom stereocenters. The van der Waals surface area contributed by atoms with Gasteiger partial charge in [-0.25, -0.2) is 0 Å². The van der Waals surface area contributed by atoms with Crippen molar-refractivity contribution in [2.45, 2.75) is 62.2 Å². The minimum absolute atomic E-state index is 0.149. The van der Waals surface area contributed by atoms with Crippen LogP contribution in [-0.2, 0) is 35.4 Å². The number of nitrogens with one attached hydrogen (secondary N) is 1. The molecule has 1 aromatic heterocycles. The second kappa shape index (κ2) is 15.7. The molecule has 1 aliphatic carbocycles. The molecule has 8 N–H and O–H groups in total. The van der Waals surface area contributed by atoms with Crippen LogP contribution >= 0.6 is 23.5 Å². The number of aliphatic carboxylic acids is 3. The summed E-state index contributed by atoms with van der Waals surface area (Å²) in [6, 6.07) is 1.66. The molecule has 2 saturated heterocycles. The summed E-state index contributed by atoms with van der Waals surface area (Å²) in [6.07, 6.45) is 2.49. The first-order chi connectivity index (χ1) is 26.7. The van der Waals surface area contributed by atoms with E-state index in [9.17, 15) is 49.2 Å². The number of quaternary nitrogens is 1. The second-order valence-electron chi connectivity index (χ2n) is 14.1. The number of fused-ring (bicyclic) bond motifs is 2. The molecule has 0 unspecified atom stereocenters. The molecule has 0 bridgehead atoms. The molecule has 1 aromatic carbocycles. The van der Waals surface area contributed by atoms with Crippen LogP contribution in [0.15, 0.2) is 57.6 Å². The SMILES string of the molecule is NC1=C[I-]C(/C(=N/O[C@@H](CC(=O)O)C(=O)O)C(=O)N[C@@H]2C(=O)N3C(C(=O)O)=C(C[N+]4(Cc5cn(C6CC6)c6cc(O)c(O)cc6c5=O)CCCC4)CS[C@H]23)=CS1. The predicted molar refractivity (Wildman–Crippen MR) is 197 cm³/mol. The van der Waals surface area contributed by atoms with Gasteiger partial charge in [0.15, 0.2) is 16.9 Å². The van der Waals surface area contributed by atoms with E-state index < -0.39 is 80.6 Å². The van der Waals surface area contributed by atoms with Crippen LogP contribution in [-0.4, -0.2) is 118 Å². The van der Waals surface area contributed by atoms with Crippen molar-refractivity contribution in [3.63, 3.8) is 0 Å². The van der Waals surface area contributed by atoms with Gasteiger partial charge in [0.25, 0.3) is 0 Å². The Morgan fingerprint density at radius 3 is 2.41 bits per heavy atom. The van der Waals surface area contributed by atoms with Crippen LogP contribution in [0.5, 0.6) is 11.5 Å². The minimum atomic E-state index is -1.90. The molecular formula is C35H37IN6O12S2.